The van der Waals surface area contributed by atoms with Crippen molar-refractivity contribution in [1.82, 2.24) is 0 Å². The van der Waals surface area contributed by atoms with E-state index >= 15 is 0 Å². The maximum absolute atomic E-state index is 12.4. The summed E-state index contributed by atoms with van der Waals surface area (Å²) in [6.45, 7) is 8.49. The summed E-state index contributed by atoms with van der Waals surface area (Å²) in [7, 11) is 0. The number of unbranched alkanes of at least 4 members (excludes halogenated alkanes) is 12. The van der Waals surface area contributed by atoms with Crippen molar-refractivity contribution in [2.45, 2.75) is 200 Å². The van der Waals surface area contributed by atoms with Crippen LogP contribution in [0.25, 0.3) is 0 Å². The number of hydrogen-bond acceptors (Lipinski definition) is 5. The zero-order valence-corrected chi connectivity index (χ0v) is 30.4. The molecule has 0 saturated heterocycles. The minimum absolute atomic E-state index is 0.142. The summed E-state index contributed by atoms with van der Waals surface area (Å²) in [6, 6.07) is 0. The summed E-state index contributed by atoms with van der Waals surface area (Å²) in [4.78, 5) is 24.8. The van der Waals surface area contributed by atoms with Crippen LogP contribution in [0.15, 0.2) is 48.6 Å². The molecule has 0 heterocycles. The van der Waals surface area contributed by atoms with Crippen LogP contribution in [-0.2, 0) is 19.1 Å². The van der Waals surface area contributed by atoms with Gasteiger partial charge in [-0.2, -0.15) is 0 Å². The number of carbonyl (C=O) groups is 2. The maximum Gasteiger partial charge on any atom is 0.308 e. The Balaban J connectivity index is 4.00. The molecule has 0 fully saturated rings. The smallest absolute Gasteiger partial charge is 0.308 e. The lowest BCUT2D eigenvalue weighted by Gasteiger charge is -2.19. The van der Waals surface area contributed by atoms with Crippen molar-refractivity contribution in [3.63, 3.8) is 0 Å². The normalized spacial score (nSPS) is 14.1. The first kappa shape index (κ1) is 43.9. The third-order valence-electron chi connectivity index (χ3n) is 8.26. The Morgan fingerprint density at radius 2 is 0.848 bits per heavy atom. The van der Waals surface area contributed by atoms with Crippen LogP contribution in [0.4, 0.5) is 0 Å². The average molecular weight is 645 g/mol. The van der Waals surface area contributed by atoms with Gasteiger partial charge in [-0.3, -0.25) is 9.59 Å². The molecule has 266 valence electrons. The number of aliphatic hydroxyl groups is 1. The van der Waals surface area contributed by atoms with Gasteiger partial charge in [0.2, 0.25) is 0 Å². The van der Waals surface area contributed by atoms with E-state index < -0.39 is 18.0 Å². The largest absolute Gasteiger partial charge is 0.462 e. The number of allylic oxidation sites excluding steroid dienone is 8. The van der Waals surface area contributed by atoms with Crippen molar-refractivity contribution in [2.75, 3.05) is 0 Å². The lowest BCUT2D eigenvalue weighted by molar-refractivity contribution is -0.155. The summed E-state index contributed by atoms with van der Waals surface area (Å²) >= 11 is 0. The van der Waals surface area contributed by atoms with Crippen LogP contribution in [0.1, 0.15) is 182 Å². The fourth-order valence-electron chi connectivity index (χ4n) is 5.28. The highest BCUT2D eigenvalue weighted by molar-refractivity contribution is 5.73. The first-order valence-electron chi connectivity index (χ1n) is 19.1. The van der Waals surface area contributed by atoms with Crippen molar-refractivity contribution < 1.29 is 24.2 Å². The Labute approximate surface area is 284 Å². The predicted molar refractivity (Wildman–Crippen MR) is 196 cm³/mol. The number of aliphatic hydroxyl groups excluding tert-OH is 1. The lowest BCUT2D eigenvalue weighted by Crippen LogP contribution is -2.25. The highest BCUT2D eigenvalue weighted by atomic mass is 16.5. The zero-order valence-electron chi connectivity index (χ0n) is 30.4. The molecule has 46 heavy (non-hydrogen) atoms. The topological polar surface area (TPSA) is 72.8 Å². The molecule has 0 aliphatic carbocycles. The summed E-state index contributed by atoms with van der Waals surface area (Å²) in [5, 5.41) is 10.3. The standard InChI is InChI=1S/C41H72O5/c1-5-9-11-13-15-17-19-21-23-25-27-29-31-33-38(7-3)45-40(43)35-37(42)36-41(44)46-39(8-4)34-32-30-28-26-24-22-20-18-16-14-12-10-6-2/h15-18,21-24,37-39,42H,5-14,19-20,25-36H2,1-4H3. The first-order chi connectivity index (χ1) is 22.5. The highest BCUT2D eigenvalue weighted by Crippen LogP contribution is 2.16. The van der Waals surface area contributed by atoms with Crippen LogP contribution in [0.3, 0.4) is 0 Å². The monoisotopic (exact) mass is 645 g/mol. The highest BCUT2D eigenvalue weighted by Gasteiger charge is 2.21. The first-order valence-corrected chi connectivity index (χ1v) is 19.1. The molecule has 0 aromatic carbocycles. The van der Waals surface area contributed by atoms with Gasteiger partial charge in [-0.25, -0.2) is 0 Å². The van der Waals surface area contributed by atoms with Crippen LogP contribution < -0.4 is 0 Å². The summed E-state index contributed by atoms with van der Waals surface area (Å²) in [5.74, 6) is -0.885. The number of ether oxygens (including phenoxy) is 2. The SMILES string of the molecule is CCCCCC=CCC=CCCCCCC(CC)OC(=O)CC(O)CC(=O)OC(CC)CCCCCC=CCC=CCCCCC. The molecule has 0 rings (SSSR count). The molecule has 0 bridgehead atoms. The van der Waals surface area contributed by atoms with E-state index in [1.54, 1.807) is 0 Å². The van der Waals surface area contributed by atoms with Crippen molar-refractivity contribution in [3.05, 3.63) is 48.6 Å². The summed E-state index contributed by atoms with van der Waals surface area (Å²) in [6.07, 6.45) is 40.3. The number of hydrogen-bond donors (Lipinski definition) is 1. The molecule has 5 nitrogen and oxygen atoms in total. The third kappa shape index (κ3) is 30.5. The molecule has 0 aromatic heterocycles. The van der Waals surface area contributed by atoms with Gasteiger partial charge in [0.05, 0.1) is 18.9 Å². The van der Waals surface area contributed by atoms with Crippen LogP contribution in [0.2, 0.25) is 0 Å². The molecule has 5 heteroatoms. The van der Waals surface area contributed by atoms with E-state index in [1.807, 2.05) is 13.8 Å². The fourth-order valence-corrected chi connectivity index (χ4v) is 5.28. The van der Waals surface area contributed by atoms with E-state index in [0.717, 1.165) is 89.9 Å². The molecule has 0 saturated carbocycles. The predicted octanol–water partition coefficient (Wildman–Crippen LogP) is 11.8. The Kier molecular flexibility index (Phi) is 32.6. The summed E-state index contributed by atoms with van der Waals surface area (Å²) in [5.41, 5.74) is 0. The molecule has 0 amide bonds. The maximum atomic E-state index is 12.4. The van der Waals surface area contributed by atoms with Crippen molar-refractivity contribution >= 4 is 11.9 Å². The molecule has 0 spiro atoms. The van der Waals surface area contributed by atoms with E-state index in [9.17, 15) is 14.7 Å². The van der Waals surface area contributed by atoms with Crippen molar-refractivity contribution in [3.8, 4) is 0 Å². The van der Waals surface area contributed by atoms with E-state index in [0.29, 0.717) is 0 Å². The lowest BCUT2D eigenvalue weighted by atomic mass is 10.1. The molecular weight excluding hydrogens is 572 g/mol. The summed E-state index contributed by atoms with van der Waals surface area (Å²) < 4.78 is 11.2. The van der Waals surface area contributed by atoms with Crippen molar-refractivity contribution in [2.24, 2.45) is 0 Å². The van der Waals surface area contributed by atoms with Gasteiger partial charge in [0.25, 0.3) is 0 Å². The second kappa shape index (κ2) is 34.2. The Morgan fingerprint density at radius 1 is 0.500 bits per heavy atom. The third-order valence-corrected chi connectivity index (χ3v) is 8.26. The van der Waals surface area contributed by atoms with Gasteiger partial charge >= 0.3 is 11.9 Å². The van der Waals surface area contributed by atoms with E-state index in [-0.39, 0.29) is 25.0 Å². The van der Waals surface area contributed by atoms with E-state index in [1.165, 1.54) is 51.4 Å². The average Bonchev–Trinajstić information content (AvgIpc) is 3.04. The van der Waals surface area contributed by atoms with Gasteiger partial charge in [-0.05, 0) is 103 Å². The minimum Gasteiger partial charge on any atom is -0.462 e. The molecule has 0 aromatic rings. The number of carbonyl (C=O) groups excluding carboxylic acids is 2. The Bertz CT molecular complexity index is 746. The van der Waals surface area contributed by atoms with Gasteiger partial charge in [-0.15, -0.1) is 0 Å². The fraction of sp³-hybridized carbons (Fsp3) is 0.756. The van der Waals surface area contributed by atoms with Gasteiger partial charge < -0.3 is 14.6 Å². The minimum atomic E-state index is -1.08. The van der Waals surface area contributed by atoms with E-state index in [4.69, 9.17) is 9.47 Å². The molecule has 0 aliphatic rings. The van der Waals surface area contributed by atoms with Gasteiger partial charge in [0, 0.05) is 0 Å². The molecule has 0 radical (unpaired) electrons. The van der Waals surface area contributed by atoms with Gasteiger partial charge in [0.1, 0.15) is 12.2 Å². The number of esters is 2. The van der Waals surface area contributed by atoms with Crippen LogP contribution >= 0.6 is 0 Å². The Morgan fingerprint density at radius 3 is 1.17 bits per heavy atom. The van der Waals surface area contributed by atoms with Crippen molar-refractivity contribution in [1.29, 1.82) is 0 Å². The number of rotatable bonds is 32. The quantitative estimate of drug-likeness (QED) is 0.0448. The molecule has 2 unspecified atom stereocenters. The second-order valence-corrected chi connectivity index (χ2v) is 12.7. The Hall–Kier alpha value is -2.14. The van der Waals surface area contributed by atoms with E-state index in [2.05, 4.69) is 62.5 Å². The zero-order chi connectivity index (χ0) is 33.9. The second-order valence-electron chi connectivity index (χ2n) is 12.7. The molecular formula is C41H72O5. The molecule has 1 N–H and O–H groups in total. The molecule has 2 atom stereocenters. The van der Waals surface area contributed by atoms with Crippen LogP contribution in [0.5, 0.6) is 0 Å². The van der Waals surface area contributed by atoms with Crippen LogP contribution in [-0.4, -0.2) is 35.4 Å². The van der Waals surface area contributed by atoms with Crippen LogP contribution in [0, 0.1) is 0 Å². The molecule has 0 aliphatic heterocycles. The van der Waals surface area contributed by atoms with Gasteiger partial charge in [0.15, 0.2) is 0 Å². The van der Waals surface area contributed by atoms with Gasteiger partial charge in [-0.1, -0.05) is 115 Å².